The second-order valence-corrected chi connectivity index (χ2v) is 9.90. The predicted octanol–water partition coefficient (Wildman–Crippen LogP) is 5.58. The van der Waals surface area contributed by atoms with Crippen molar-refractivity contribution < 1.29 is 23.7 Å². The first-order valence-electron chi connectivity index (χ1n) is 12.8. The van der Waals surface area contributed by atoms with Crippen LogP contribution in [0.1, 0.15) is 11.1 Å². The summed E-state index contributed by atoms with van der Waals surface area (Å²) in [7, 11) is 1.61. The van der Waals surface area contributed by atoms with E-state index in [2.05, 4.69) is 16.7 Å². The van der Waals surface area contributed by atoms with E-state index < -0.39 is 5.91 Å². The summed E-state index contributed by atoms with van der Waals surface area (Å²) in [4.78, 5) is 16.9. The van der Waals surface area contributed by atoms with Gasteiger partial charge in [-0.15, -0.1) is 6.58 Å². The minimum Gasteiger partial charge on any atom is -0.493 e. The molecule has 9 nitrogen and oxygen atoms in total. The molecule has 2 heterocycles. The van der Waals surface area contributed by atoms with Crippen LogP contribution in [0, 0.1) is 5.41 Å². The van der Waals surface area contributed by atoms with E-state index in [0.29, 0.717) is 46.4 Å². The number of allylic oxidation sites excluding steroid dienone is 1. The van der Waals surface area contributed by atoms with Crippen molar-refractivity contribution in [2.24, 2.45) is 10.1 Å². The van der Waals surface area contributed by atoms with Crippen LogP contribution in [0.15, 0.2) is 101 Å². The standard InChI is InChI=1S/C31H28N4O5S/c1-3-7-21-12-15-26(27(19-21)37-2)39-17-16-38-24-13-10-22(11-14-24)18-25-29(32)35-31(33-30(25)36)41-28(34-35)20-40-23-8-5-4-6-9-23/h3-6,8-15,18-19,32H,1,7,16-17,20H2,2H3/b25-18-,32-29?. The lowest BCUT2D eigenvalue weighted by atomic mass is 10.1. The van der Waals surface area contributed by atoms with Crippen molar-refractivity contribution in [3.05, 3.63) is 102 Å². The Balaban J connectivity index is 1.15. The van der Waals surface area contributed by atoms with Crippen LogP contribution in [-0.2, 0) is 11.2 Å². The number of methoxy groups -OCH3 is 1. The van der Waals surface area contributed by atoms with Crippen LogP contribution in [0.3, 0.4) is 0 Å². The molecule has 2 aliphatic heterocycles. The summed E-state index contributed by atoms with van der Waals surface area (Å²) in [6, 6.07) is 22.4. The zero-order chi connectivity index (χ0) is 28.6. The summed E-state index contributed by atoms with van der Waals surface area (Å²) in [5.74, 6) is 2.15. The van der Waals surface area contributed by atoms with Gasteiger partial charge in [0, 0.05) is 0 Å². The number of rotatable bonds is 12. The molecule has 1 amide bonds. The molecule has 0 fully saturated rings. The van der Waals surface area contributed by atoms with Crippen LogP contribution >= 0.6 is 11.8 Å². The second-order valence-electron chi connectivity index (χ2n) is 8.86. The number of para-hydroxylation sites is 1. The number of amidine groups is 2. The van der Waals surface area contributed by atoms with Gasteiger partial charge in [0.05, 0.1) is 12.7 Å². The van der Waals surface area contributed by atoms with Gasteiger partial charge >= 0.3 is 0 Å². The Morgan fingerprint density at radius 3 is 2.46 bits per heavy atom. The number of thioether (sulfide) groups is 1. The van der Waals surface area contributed by atoms with Crippen LogP contribution < -0.4 is 18.9 Å². The molecule has 41 heavy (non-hydrogen) atoms. The third-order valence-electron chi connectivity index (χ3n) is 6.01. The highest BCUT2D eigenvalue weighted by Gasteiger charge is 2.35. The van der Waals surface area contributed by atoms with Crippen LogP contribution in [0.4, 0.5) is 0 Å². The number of fused-ring (bicyclic) bond motifs is 1. The Labute approximate surface area is 242 Å². The number of aliphatic imine (C=N–C) groups is 1. The van der Waals surface area contributed by atoms with Crippen molar-refractivity contribution in [2.45, 2.75) is 6.42 Å². The quantitative estimate of drug-likeness (QED) is 0.173. The molecule has 0 unspecified atom stereocenters. The Kier molecular flexibility index (Phi) is 8.80. The SMILES string of the molecule is C=CCc1ccc(OCCOc2ccc(/C=C3/C(=N)N4N=C(COc5ccccc5)SC4=NC3=O)cc2)c(OC)c1. The van der Waals surface area contributed by atoms with Crippen molar-refractivity contribution >= 4 is 39.8 Å². The van der Waals surface area contributed by atoms with E-state index in [1.807, 2.05) is 66.7 Å². The molecule has 0 aromatic heterocycles. The van der Waals surface area contributed by atoms with Gasteiger partial charge in [-0.3, -0.25) is 10.2 Å². The van der Waals surface area contributed by atoms with Crippen LogP contribution in [0.5, 0.6) is 23.0 Å². The number of hydrogen-bond acceptors (Lipinski definition) is 8. The zero-order valence-electron chi connectivity index (χ0n) is 22.4. The largest absolute Gasteiger partial charge is 0.493 e. The van der Waals surface area contributed by atoms with Gasteiger partial charge in [0.15, 0.2) is 17.3 Å². The molecule has 0 saturated carbocycles. The summed E-state index contributed by atoms with van der Waals surface area (Å²) in [5, 5.41) is 15.3. The minimum absolute atomic E-state index is 0.0346. The van der Waals surface area contributed by atoms with Gasteiger partial charge < -0.3 is 18.9 Å². The monoisotopic (exact) mass is 568 g/mol. The van der Waals surface area contributed by atoms with E-state index in [1.165, 1.54) is 16.8 Å². The first kappa shape index (κ1) is 27.7. The molecule has 0 saturated heterocycles. The number of nitrogens with zero attached hydrogens (tertiary/aromatic N) is 3. The molecular formula is C31H28N4O5S. The lowest BCUT2D eigenvalue weighted by molar-refractivity contribution is -0.114. The predicted molar refractivity (Wildman–Crippen MR) is 161 cm³/mol. The molecule has 5 rings (SSSR count). The number of nitrogens with one attached hydrogen (secondary N) is 1. The lowest BCUT2D eigenvalue weighted by Crippen LogP contribution is -2.35. The van der Waals surface area contributed by atoms with E-state index in [9.17, 15) is 4.79 Å². The topological polar surface area (TPSA) is 106 Å². The Hall–Kier alpha value is -4.83. The third kappa shape index (κ3) is 6.85. The first-order valence-corrected chi connectivity index (χ1v) is 13.7. The lowest BCUT2D eigenvalue weighted by Gasteiger charge is -2.20. The van der Waals surface area contributed by atoms with Crippen molar-refractivity contribution in [2.75, 3.05) is 26.9 Å². The number of carbonyl (C=O) groups excluding carboxylic acids is 1. The summed E-state index contributed by atoms with van der Waals surface area (Å²) < 4.78 is 22.8. The van der Waals surface area contributed by atoms with Gasteiger partial charge in [0.2, 0.25) is 5.17 Å². The van der Waals surface area contributed by atoms with Gasteiger partial charge in [-0.25, -0.2) is 0 Å². The number of benzene rings is 3. The van der Waals surface area contributed by atoms with Gasteiger partial charge in [0.25, 0.3) is 5.91 Å². The Bertz CT molecular complexity index is 1530. The van der Waals surface area contributed by atoms with Crippen LogP contribution in [-0.4, -0.2) is 53.9 Å². The normalized spacial score (nSPS) is 15.2. The van der Waals surface area contributed by atoms with Crippen molar-refractivity contribution in [1.82, 2.24) is 5.01 Å². The highest BCUT2D eigenvalue weighted by Crippen LogP contribution is 2.30. The first-order chi connectivity index (χ1) is 20.0. The average molecular weight is 569 g/mol. The smallest absolute Gasteiger partial charge is 0.283 e. The maximum Gasteiger partial charge on any atom is 0.283 e. The molecule has 0 aliphatic carbocycles. The molecule has 208 valence electrons. The molecule has 0 bridgehead atoms. The van der Waals surface area contributed by atoms with Crippen molar-refractivity contribution in [1.29, 1.82) is 5.41 Å². The number of ether oxygens (including phenoxy) is 4. The molecule has 0 atom stereocenters. The summed E-state index contributed by atoms with van der Waals surface area (Å²) in [5.41, 5.74) is 1.98. The number of amides is 1. The summed E-state index contributed by atoms with van der Waals surface area (Å²) in [6.45, 7) is 4.64. The van der Waals surface area contributed by atoms with E-state index in [0.717, 1.165) is 17.5 Å². The zero-order valence-corrected chi connectivity index (χ0v) is 23.2. The Morgan fingerprint density at radius 1 is 0.951 bits per heavy atom. The molecule has 3 aromatic carbocycles. The highest BCUT2D eigenvalue weighted by atomic mass is 32.2. The number of hydrazone groups is 1. The fraction of sp³-hybridized carbons (Fsp3) is 0.161. The van der Waals surface area contributed by atoms with E-state index in [1.54, 1.807) is 25.3 Å². The molecule has 3 aromatic rings. The molecule has 10 heteroatoms. The van der Waals surface area contributed by atoms with E-state index in [-0.39, 0.29) is 18.0 Å². The molecule has 0 spiro atoms. The summed E-state index contributed by atoms with van der Waals surface area (Å²) in [6.07, 6.45) is 4.22. The number of carbonyl (C=O) groups is 1. The molecule has 1 N–H and O–H groups in total. The number of hydrogen-bond donors (Lipinski definition) is 1. The maximum absolute atomic E-state index is 12.7. The third-order valence-corrected chi connectivity index (χ3v) is 6.89. The molecular weight excluding hydrogens is 540 g/mol. The van der Waals surface area contributed by atoms with E-state index in [4.69, 9.17) is 24.4 Å². The van der Waals surface area contributed by atoms with Gasteiger partial charge in [-0.1, -0.05) is 42.5 Å². The van der Waals surface area contributed by atoms with E-state index >= 15 is 0 Å². The summed E-state index contributed by atoms with van der Waals surface area (Å²) >= 11 is 1.22. The van der Waals surface area contributed by atoms with Gasteiger partial charge in [0.1, 0.15) is 36.4 Å². The maximum atomic E-state index is 12.7. The van der Waals surface area contributed by atoms with Gasteiger partial charge in [-0.05, 0) is 71.8 Å². The van der Waals surface area contributed by atoms with Gasteiger partial charge in [-0.2, -0.15) is 15.1 Å². The molecule has 0 radical (unpaired) electrons. The molecule has 2 aliphatic rings. The fourth-order valence-electron chi connectivity index (χ4n) is 4.01. The highest BCUT2D eigenvalue weighted by molar-refractivity contribution is 8.27. The van der Waals surface area contributed by atoms with Crippen LogP contribution in [0.25, 0.3) is 6.08 Å². The minimum atomic E-state index is -0.486. The average Bonchev–Trinajstić information content (AvgIpc) is 3.41. The Morgan fingerprint density at radius 2 is 1.71 bits per heavy atom. The van der Waals surface area contributed by atoms with Crippen molar-refractivity contribution in [3.8, 4) is 23.0 Å². The fourth-order valence-corrected chi connectivity index (χ4v) is 4.81. The van der Waals surface area contributed by atoms with Crippen LogP contribution in [0.2, 0.25) is 0 Å². The second kappa shape index (κ2) is 13.0. The van der Waals surface area contributed by atoms with Crippen molar-refractivity contribution in [3.63, 3.8) is 0 Å².